The van der Waals surface area contributed by atoms with Gasteiger partial charge in [-0.15, -0.1) is 22.7 Å². The molecule has 0 aliphatic heterocycles. The molecule has 0 amide bonds. The summed E-state index contributed by atoms with van der Waals surface area (Å²) in [6.07, 6.45) is 9.30. The average molecular weight is 539 g/mol. The predicted octanol–water partition coefficient (Wildman–Crippen LogP) is 8.66. The Kier molecular flexibility index (Phi) is 7.14. The molecule has 2 nitrogen and oxygen atoms in total. The van der Waals surface area contributed by atoms with Crippen LogP contribution in [0, 0.1) is 2.88 Å². The van der Waals surface area contributed by atoms with E-state index in [4.69, 9.17) is 0 Å². The van der Waals surface area contributed by atoms with E-state index in [1.54, 1.807) is 11.3 Å². The maximum atomic E-state index is 4.64. The molecule has 0 N–H and O–H groups in total. The lowest BCUT2D eigenvalue weighted by atomic mass is 10.1. The van der Waals surface area contributed by atoms with Gasteiger partial charge in [-0.1, -0.05) is 51.2 Å². The highest BCUT2D eigenvalue weighted by atomic mass is 127. The van der Waals surface area contributed by atoms with Gasteiger partial charge in [0.1, 0.15) is 11.0 Å². The highest BCUT2D eigenvalue weighted by Gasteiger charge is 2.15. The number of benzene rings is 1. The van der Waals surface area contributed by atoms with E-state index >= 15 is 0 Å². The zero-order valence-corrected chi connectivity index (χ0v) is 20.5. The minimum Gasteiger partial charge on any atom is -0.172 e. The first-order chi connectivity index (χ1) is 13.8. The van der Waals surface area contributed by atoms with E-state index in [2.05, 4.69) is 74.7 Å². The first kappa shape index (κ1) is 20.4. The van der Waals surface area contributed by atoms with E-state index < -0.39 is 0 Å². The van der Waals surface area contributed by atoms with Crippen LogP contribution in [0.3, 0.4) is 0 Å². The van der Waals surface area contributed by atoms with E-state index in [1.165, 1.54) is 85.3 Å². The van der Waals surface area contributed by atoms with Crippen LogP contribution >= 0.6 is 57.0 Å². The van der Waals surface area contributed by atoms with Gasteiger partial charge in [0, 0.05) is 25.8 Å². The van der Waals surface area contributed by atoms with Crippen molar-refractivity contribution in [2.45, 2.75) is 51.9 Å². The number of halogens is 1. The highest BCUT2D eigenvalue weighted by Crippen LogP contribution is 2.39. The van der Waals surface area contributed by atoms with Crippen LogP contribution in [0.15, 0.2) is 36.4 Å². The fourth-order valence-corrected chi connectivity index (χ4v) is 6.76. The lowest BCUT2D eigenvalue weighted by Gasteiger charge is -2.03. The Hall–Kier alpha value is -0.830. The Morgan fingerprint density at radius 3 is 2.07 bits per heavy atom. The minimum atomic E-state index is 1.03. The van der Waals surface area contributed by atoms with Crippen molar-refractivity contribution in [2.75, 3.05) is 0 Å². The van der Waals surface area contributed by atoms with E-state index in [0.717, 1.165) is 11.0 Å². The molecule has 6 heteroatoms. The summed E-state index contributed by atoms with van der Waals surface area (Å²) < 4.78 is 10.6. The van der Waals surface area contributed by atoms with Crippen molar-refractivity contribution in [1.82, 2.24) is 8.75 Å². The van der Waals surface area contributed by atoms with Crippen LogP contribution in [0.5, 0.6) is 0 Å². The molecule has 0 atom stereocenters. The second-order valence-electron chi connectivity index (χ2n) is 7.01. The van der Waals surface area contributed by atoms with Crippen LogP contribution in [0.2, 0.25) is 0 Å². The van der Waals surface area contributed by atoms with Gasteiger partial charge in [-0.25, -0.2) is 0 Å². The minimum absolute atomic E-state index is 1.03. The molecule has 0 aliphatic carbocycles. The van der Waals surface area contributed by atoms with Crippen LogP contribution in [0.4, 0.5) is 0 Å². The molecule has 0 fully saturated rings. The molecule has 4 aromatic rings. The van der Waals surface area contributed by atoms with E-state index in [-0.39, 0.29) is 0 Å². The summed E-state index contributed by atoms with van der Waals surface area (Å²) in [5.41, 5.74) is 4.49. The molecule has 0 saturated heterocycles. The van der Waals surface area contributed by atoms with Crippen molar-refractivity contribution >= 4 is 68.0 Å². The summed E-state index contributed by atoms with van der Waals surface area (Å²) in [5, 5.41) is 0. The maximum Gasteiger partial charge on any atom is 0.114 e. The highest BCUT2D eigenvalue weighted by molar-refractivity contribution is 14.1. The third kappa shape index (κ3) is 4.66. The number of nitrogens with zero attached hydrogens (tertiary/aromatic N) is 2. The molecular formula is C22H23IN2S3. The summed E-state index contributed by atoms with van der Waals surface area (Å²) in [7, 11) is 0. The summed E-state index contributed by atoms with van der Waals surface area (Å²) >= 11 is 7.41. The van der Waals surface area contributed by atoms with E-state index in [0.29, 0.717) is 0 Å². The van der Waals surface area contributed by atoms with Gasteiger partial charge >= 0.3 is 0 Å². The Balaban J connectivity index is 1.51. The van der Waals surface area contributed by atoms with Crippen molar-refractivity contribution in [3.63, 3.8) is 0 Å². The molecule has 0 spiro atoms. The van der Waals surface area contributed by atoms with Crippen molar-refractivity contribution < 1.29 is 0 Å². The number of aryl methyl sites for hydroxylation is 1. The first-order valence-corrected chi connectivity index (χ1v) is 13.3. The van der Waals surface area contributed by atoms with Crippen LogP contribution in [0.1, 0.15) is 50.3 Å². The van der Waals surface area contributed by atoms with Gasteiger partial charge in [0.2, 0.25) is 0 Å². The second-order valence-corrected chi connectivity index (χ2v) is 11.7. The lowest BCUT2D eigenvalue weighted by Crippen LogP contribution is -1.83. The molecule has 0 bridgehead atoms. The predicted molar refractivity (Wildman–Crippen MR) is 134 cm³/mol. The maximum absolute atomic E-state index is 4.64. The summed E-state index contributed by atoms with van der Waals surface area (Å²) in [5.74, 6) is 0. The monoisotopic (exact) mass is 538 g/mol. The Morgan fingerprint density at radius 1 is 0.750 bits per heavy atom. The second kappa shape index (κ2) is 9.78. The van der Waals surface area contributed by atoms with Gasteiger partial charge in [-0.05, 0) is 59.7 Å². The molecule has 0 unspecified atom stereocenters. The van der Waals surface area contributed by atoms with Crippen molar-refractivity contribution in [2.24, 2.45) is 0 Å². The average Bonchev–Trinajstić information content (AvgIpc) is 3.44. The largest absolute Gasteiger partial charge is 0.172 e. The van der Waals surface area contributed by atoms with Gasteiger partial charge in [-0.2, -0.15) is 8.75 Å². The third-order valence-corrected chi connectivity index (χ3v) is 8.59. The normalized spacial score (nSPS) is 11.5. The number of unbranched alkanes of at least 4 members (excludes halogenated alkanes) is 5. The third-order valence-electron chi connectivity index (χ3n) is 4.96. The summed E-state index contributed by atoms with van der Waals surface area (Å²) in [6, 6.07) is 13.4. The number of hydrogen-bond acceptors (Lipinski definition) is 5. The molecule has 3 heterocycles. The SMILES string of the molecule is CCCCCCCCc1ccc(-c2ccc(-c3ccc(I)s3)c3nsnc23)s1. The van der Waals surface area contributed by atoms with Gasteiger partial charge < -0.3 is 0 Å². The molecule has 3 aromatic heterocycles. The van der Waals surface area contributed by atoms with Gasteiger partial charge in [-0.3, -0.25) is 0 Å². The van der Waals surface area contributed by atoms with Gasteiger partial charge in [0.25, 0.3) is 0 Å². The molecule has 4 rings (SSSR count). The summed E-state index contributed by atoms with van der Waals surface area (Å²) in [6.45, 7) is 2.27. The van der Waals surface area contributed by atoms with Crippen LogP contribution < -0.4 is 0 Å². The molecular weight excluding hydrogens is 515 g/mol. The molecule has 1 aromatic carbocycles. The van der Waals surface area contributed by atoms with Gasteiger partial charge in [0.05, 0.1) is 14.6 Å². The fraction of sp³-hybridized carbons (Fsp3) is 0.364. The number of aromatic nitrogens is 2. The molecule has 146 valence electrons. The lowest BCUT2D eigenvalue weighted by molar-refractivity contribution is 0.609. The smallest absolute Gasteiger partial charge is 0.114 e. The molecule has 0 radical (unpaired) electrons. The van der Waals surface area contributed by atoms with E-state index in [9.17, 15) is 0 Å². The number of hydrogen-bond donors (Lipinski definition) is 0. The van der Waals surface area contributed by atoms with Gasteiger partial charge in [0.15, 0.2) is 0 Å². The summed E-state index contributed by atoms with van der Waals surface area (Å²) in [4.78, 5) is 4.06. The molecule has 0 saturated carbocycles. The number of rotatable bonds is 9. The van der Waals surface area contributed by atoms with Crippen LogP contribution in [-0.4, -0.2) is 8.75 Å². The number of fused-ring (bicyclic) bond motifs is 1. The zero-order valence-electron chi connectivity index (χ0n) is 15.9. The molecule has 0 aliphatic rings. The Labute approximate surface area is 192 Å². The quantitative estimate of drug-likeness (QED) is 0.157. The standard InChI is InChI=1S/C22H23IN2S3/c1-2-3-4-5-6-7-8-15-9-12-18(26-15)16-10-11-17(19-13-14-20(23)27-19)22-21(16)24-28-25-22/h9-14H,2-8H2,1H3. The van der Waals surface area contributed by atoms with Crippen molar-refractivity contribution in [3.8, 4) is 20.9 Å². The number of thiophene rings is 2. The molecule has 28 heavy (non-hydrogen) atoms. The van der Waals surface area contributed by atoms with Crippen molar-refractivity contribution in [1.29, 1.82) is 0 Å². The van der Waals surface area contributed by atoms with E-state index in [1.807, 2.05) is 11.3 Å². The van der Waals surface area contributed by atoms with Crippen LogP contribution in [-0.2, 0) is 6.42 Å². The first-order valence-electron chi connectivity index (χ1n) is 9.86. The Morgan fingerprint density at radius 2 is 1.39 bits per heavy atom. The fourth-order valence-electron chi connectivity index (χ4n) is 3.46. The van der Waals surface area contributed by atoms with Crippen molar-refractivity contribution in [3.05, 3.63) is 44.2 Å². The zero-order chi connectivity index (χ0) is 19.3. The topological polar surface area (TPSA) is 25.8 Å². The Bertz CT molecular complexity index is 1050. The van der Waals surface area contributed by atoms with Crippen LogP contribution in [0.25, 0.3) is 31.9 Å².